The molecule has 0 aromatic carbocycles. The van der Waals surface area contributed by atoms with Crippen LogP contribution in [0.15, 0.2) is 10.5 Å². The lowest BCUT2D eigenvalue weighted by molar-refractivity contribution is 0.526. The molecule has 2 aromatic rings. The van der Waals surface area contributed by atoms with E-state index in [2.05, 4.69) is 52.8 Å². The highest BCUT2D eigenvalue weighted by molar-refractivity contribution is 7.98. The minimum absolute atomic E-state index is 0.313. The number of nitrogens with two attached hydrogens (primary N) is 1. The van der Waals surface area contributed by atoms with E-state index in [1.54, 1.807) is 23.1 Å². The van der Waals surface area contributed by atoms with Gasteiger partial charge >= 0.3 is 0 Å². The third-order valence-electron chi connectivity index (χ3n) is 2.85. The molecule has 0 fully saturated rings. The first-order valence-electron chi connectivity index (χ1n) is 6.73. The zero-order valence-corrected chi connectivity index (χ0v) is 14.0. The summed E-state index contributed by atoms with van der Waals surface area (Å²) >= 11 is 3.39. The summed E-state index contributed by atoms with van der Waals surface area (Å²) < 4.78 is 2.10. The van der Waals surface area contributed by atoms with Crippen LogP contribution >= 0.6 is 23.1 Å². The van der Waals surface area contributed by atoms with Crippen molar-refractivity contribution < 1.29 is 0 Å². The van der Waals surface area contributed by atoms with E-state index in [4.69, 9.17) is 5.73 Å². The number of nitrogens with zero attached hydrogens (tertiary/aromatic N) is 4. The van der Waals surface area contributed by atoms with Crippen molar-refractivity contribution in [3.05, 3.63) is 21.9 Å². The first kappa shape index (κ1) is 15.5. The summed E-state index contributed by atoms with van der Waals surface area (Å²) in [6, 6.07) is 0.313. The molecule has 2 aromatic heterocycles. The second-order valence-corrected chi connectivity index (χ2v) is 7.02. The maximum Gasteiger partial charge on any atom is 0.191 e. The summed E-state index contributed by atoms with van der Waals surface area (Å²) in [5, 5.41) is 12.6. The highest BCUT2D eigenvalue weighted by Gasteiger charge is 2.15. The van der Waals surface area contributed by atoms with Gasteiger partial charge in [0, 0.05) is 23.1 Å². The van der Waals surface area contributed by atoms with Crippen molar-refractivity contribution >= 4 is 23.1 Å². The summed E-state index contributed by atoms with van der Waals surface area (Å²) in [6.45, 7) is 8.98. The molecule has 0 amide bonds. The molecule has 0 spiro atoms. The van der Waals surface area contributed by atoms with Gasteiger partial charge in [0.1, 0.15) is 5.82 Å². The molecule has 7 heteroatoms. The van der Waals surface area contributed by atoms with Gasteiger partial charge in [-0.25, -0.2) is 4.98 Å². The van der Waals surface area contributed by atoms with Crippen molar-refractivity contribution in [3.63, 3.8) is 0 Å². The van der Waals surface area contributed by atoms with Crippen LogP contribution in [-0.4, -0.2) is 19.7 Å². The Bertz CT molecular complexity index is 559. The molecule has 0 aliphatic heterocycles. The Kier molecular flexibility index (Phi) is 5.17. The van der Waals surface area contributed by atoms with Crippen molar-refractivity contribution in [1.82, 2.24) is 19.7 Å². The van der Waals surface area contributed by atoms with E-state index in [-0.39, 0.29) is 0 Å². The zero-order chi connectivity index (χ0) is 14.7. The van der Waals surface area contributed by atoms with E-state index < -0.39 is 0 Å². The molecule has 0 radical (unpaired) electrons. The average Bonchev–Trinajstić information content (AvgIpc) is 3.02. The lowest BCUT2D eigenvalue weighted by Gasteiger charge is -2.12. The maximum atomic E-state index is 5.70. The van der Waals surface area contributed by atoms with Crippen LogP contribution in [0.4, 0.5) is 0 Å². The predicted octanol–water partition coefficient (Wildman–Crippen LogP) is 3.19. The number of thiazole rings is 1. The van der Waals surface area contributed by atoms with Crippen molar-refractivity contribution in [1.29, 1.82) is 0 Å². The second-order valence-electron chi connectivity index (χ2n) is 5.19. The van der Waals surface area contributed by atoms with Gasteiger partial charge in [0.05, 0.1) is 17.2 Å². The van der Waals surface area contributed by atoms with Gasteiger partial charge in [-0.1, -0.05) is 25.6 Å². The van der Waals surface area contributed by atoms with Crippen LogP contribution in [0.1, 0.15) is 56.2 Å². The van der Waals surface area contributed by atoms with Crippen molar-refractivity contribution in [2.45, 2.75) is 57.1 Å². The molecule has 0 bridgehead atoms. The molecular formula is C13H21N5S2. The molecule has 110 valence electrons. The van der Waals surface area contributed by atoms with Crippen LogP contribution in [-0.2, 0) is 12.3 Å². The monoisotopic (exact) mass is 311 g/mol. The van der Waals surface area contributed by atoms with E-state index in [0.29, 0.717) is 18.5 Å². The second kappa shape index (κ2) is 6.69. The number of rotatable bonds is 6. The third-order valence-corrected chi connectivity index (χ3v) is 5.02. The van der Waals surface area contributed by atoms with Crippen LogP contribution in [0, 0.1) is 0 Å². The topological polar surface area (TPSA) is 69.6 Å². The Hall–Kier alpha value is -0.920. The Balaban J connectivity index is 2.08. The van der Waals surface area contributed by atoms with Crippen molar-refractivity contribution in [3.8, 4) is 0 Å². The number of hydrogen-bond acceptors (Lipinski definition) is 6. The van der Waals surface area contributed by atoms with Crippen LogP contribution in [0.2, 0.25) is 0 Å². The third kappa shape index (κ3) is 3.39. The summed E-state index contributed by atoms with van der Waals surface area (Å²) in [6.07, 6.45) is 0. The predicted molar refractivity (Wildman–Crippen MR) is 84.1 cm³/mol. The molecule has 0 saturated heterocycles. The van der Waals surface area contributed by atoms with Gasteiger partial charge < -0.3 is 10.3 Å². The minimum Gasteiger partial charge on any atom is -0.324 e. The molecule has 2 rings (SSSR count). The number of hydrogen-bond donors (Lipinski definition) is 1. The fourth-order valence-electron chi connectivity index (χ4n) is 1.86. The van der Waals surface area contributed by atoms with Gasteiger partial charge in [-0.2, -0.15) is 0 Å². The van der Waals surface area contributed by atoms with Crippen LogP contribution < -0.4 is 5.73 Å². The standard InChI is InChI=1S/C13H21N5S2/c1-8(2)12-15-10(6-19-12)7-20-13-17-16-11(5-14)18(13)9(3)4/h6,8-9H,5,7,14H2,1-4H3. The zero-order valence-electron chi connectivity index (χ0n) is 12.3. The molecule has 0 unspecified atom stereocenters. The fraction of sp³-hybridized carbons (Fsp3) is 0.615. The average molecular weight is 311 g/mol. The summed E-state index contributed by atoms with van der Waals surface area (Å²) in [7, 11) is 0. The first-order chi connectivity index (χ1) is 9.52. The maximum absolute atomic E-state index is 5.70. The van der Waals surface area contributed by atoms with Gasteiger partial charge in [0.25, 0.3) is 0 Å². The Morgan fingerprint density at radius 1 is 1.30 bits per heavy atom. The summed E-state index contributed by atoms with van der Waals surface area (Å²) in [4.78, 5) is 4.64. The van der Waals surface area contributed by atoms with Gasteiger partial charge in [-0.15, -0.1) is 21.5 Å². The van der Waals surface area contributed by atoms with Crippen LogP contribution in [0.3, 0.4) is 0 Å². The van der Waals surface area contributed by atoms with Gasteiger partial charge in [0.15, 0.2) is 5.16 Å². The SMILES string of the molecule is CC(C)c1nc(CSc2nnc(CN)n2C(C)C)cs1. The normalized spacial score (nSPS) is 11.8. The lowest BCUT2D eigenvalue weighted by atomic mass is 10.2. The molecule has 0 atom stereocenters. The minimum atomic E-state index is 0.313. The molecule has 20 heavy (non-hydrogen) atoms. The van der Waals surface area contributed by atoms with Crippen LogP contribution in [0.5, 0.6) is 0 Å². The van der Waals surface area contributed by atoms with Crippen molar-refractivity contribution in [2.75, 3.05) is 0 Å². The lowest BCUT2D eigenvalue weighted by Crippen LogP contribution is -2.11. The summed E-state index contributed by atoms with van der Waals surface area (Å²) in [5.41, 5.74) is 6.81. The fourth-order valence-corrected chi connectivity index (χ4v) is 3.78. The van der Waals surface area contributed by atoms with Gasteiger partial charge in [-0.3, -0.25) is 0 Å². The van der Waals surface area contributed by atoms with Crippen molar-refractivity contribution in [2.24, 2.45) is 5.73 Å². The molecule has 0 saturated carbocycles. The van der Waals surface area contributed by atoms with E-state index in [1.165, 1.54) is 5.01 Å². The van der Waals surface area contributed by atoms with E-state index in [9.17, 15) is 0 Å². The van der Waals surface area contributed by atoms with E-state index in [1.807, 2.05) is 0 Å². The molecule has 2 heterocycles. The highest BCUT2D eigenvalue weighted by Crippen LogP contribution is 2.27. The first-order valence-corrected chi connectivity index (χ1v) is 8.60. The van der Waals surface area contributed by atoms with E-state index in [0.717, 1.165) is 22.4 Å². The molecule has 0 aliphatic carbocycles. The van der Waals surface area contributed by atoms with Gasteiger partial charge in [-0.05, 0) is 13.8 Å². The van der Waals surface area contributed by atoms with Crippen LogP contribution in [0.25, 0.3) is 0 Å². The number of aromatic nitrogens is 4. The number of thioether (sulfide) groups is 1. The smallest absolute Gasteiger partial charge is 0.191 e. The van der Waals surface area contributed by atoms with Gasteiger partial charge in [0.2, 0.25) is 0 Å². The quantitative estimate of drug-likeness (QED) is 0.830. The largest absolute Gasteiger partial charge is 0.324 e. The molecular weight excluding hydrogens is 290 g/mol. The Labute approximate surface area is 128 Å². The summed E-state index contributed by atoms with van der Waals surface area (Å²) in [5.74, 6) is 2.14. The Morgan fingerprint density at radius 3 is 2.60 bits per heavy atom. The molecule has 0 aliphatic rings. The Morgan fingerprint density at radius 2 is 2.05 bits per heavy atom. The molecule has 5 nitrogen and oxygen atoms in total. The highest BCUT2D eigenvalue weighted by atomic mass is 32.2. The van der Waals surface area contributed by atoms with E-state index >= 15 is 0 Å². The molecule has 2 N–H and O–H groups in total.